The molecule has 2 nitrogen and oxygen atoms in total. The standard InChI is InChI=1S/C5H6O2/c1-3-5(2)7-4-6/h1-3H2. The molecule has 0 aromatic carbocycles. The Morgan fingerprint density at radius 3 is 2.71 bits per heavy atom. The van der Waals surface area contributed by atoms with Gasteiger partial charge in [0, 0.05) is 0 Å². The van der Waals surface area contributed by atoms with Crippen LogP contribution in [0.15, 0.2) is 12.3 Å². The van der Waals surface area contributed by atoms with E-state index in [9.17, 15) is 4.65 Å². The number of hydrogen-bond acceptors (Lipinski definition) is 1. The molecule has 0 atom stereocenters. The molecule has 0 radical (unpaired) electrons. The Bertz CT molecular complexity index is 99.1. The minimum atomic E-state index is 0.343. The zero-order valence-corrected chi connectivity index (χ0v) is 3.94. The fraction of sp³-hybridized carbons (Fsp3) is 0.200. The van der Waals surface area contributed by atoms with E-state index in [4.69, 9.17) is 0 Å². The first-order chi connectivity index (χ1) is 3.31. The number of allylic oxidation sites excluding steroid dienone is 1. The maximum absolute atomic E-state index is 9.34. The molecule has 0 unspecified atom stereocenters. The van der Waals surface area contributed by atoms with Gasteiger partial charge in [0.25, 0.3) is 0 Å². The molecule has 2 heteroatoms. The number of hydrogen-bond donors (Lipinski definition) is 0. The molecular weight excluding hydrogens is 92.1 g/mol. The molecule has 0 aromatic heterocycles. The Kier molecular flexibility index (Phi) is 3.11. The molecular formula is C5H6O2. The van der Waals surface area contributed by atoms with E-state index in [0.717, 1.165) is 0 Å². The van der Waals surface area contributed by atoms with Gasteiger partial charge in [-0.15, -0.1) is 0 Å². The van der Waals surface area contributed by atoms with Gasteiger partial charge < -0.3 is 0 Å². The van der Waals surface area contributed by atoms with E-state index in [-0.39, 0.29) is 0 Å². The summed E-state index contributed by atoms with van der Waals surface area (Å²) >= 11 is 0. The second-order valence-corrected chi connectivity index (χ2v) is 0.974. The summed E-state index contributed by atoms with van der Waals surface area (Å²) in [6, 6.07) is 0. The van der Waals surface area contributed by atoms with Crippen molar-refractivity contribution in [3.05, 3.63) is 19.3 Å². The van der Waals surface area contributed by atoms with Gasteiger partial charge in [0.05, 0.1) is 0 Å². The van der Waals surface area contributed by atoms with Crippen LogP contribution in [0.3, 0.4) is 0 Å². The Morgan fingerprint density at radius 2 is 2.57 bits per heavy atom. The van der Waals surface area contributed by atoms with Gasteiger partial charge in [-0.2, -0.15) is 0 Å². The van der Waals surface area contributed by atoms with Crippen molar-refractivity contribution in [1.82, 2.24) is 0 Å². The summed E-state index contributed by atoms with van der Waals surface area (Å²) in [5.74, 6) is 0.343. The second kappa shape index (κ2) is 3.47. The van der Waals surface area contributed by atoms with Crippen molar-refractivity contribution in [3.63, 3.8) is 0 Å². The second-order valence-electron chi connectivity index (χ2n) is 0.974. The Balaban J connectivity index is 3.23. The maximum atomic E-state index is 9.34. The van der Waals surface area contributed by atoms with Crippen molar-refractivity contribution in [3.8, 4) is 6.33 Å². The molecule has 0 heterocycles. The van der Waals surface area contributed by atoms with Gasteiger partial charge in [0.1, 0.15) is 0 Å². The Hall–Kier alpha value is -0.720. The summed E-state index contributed by atoms with van der Waals surface area (Å²) < 4.78 is 13.5. The van der Waals surface area contributed by atoms with Crippen molar-refractivity contribution >= 4 is 0 Å². The van der Waals surface area contributed by atoms with Gasteiger partial charge in [-0.25, -0.2) is 0 Å². The molecule has 0 aliphatic carbocycles. The van der Waals surface area contributed by atoms with Gasteiger partial charge in [0.2, 0.25) is 0 Å². The summed E-state index contributed by atoms with van der Waals surface area (Å²) in [6.07, 6.45) is 1.64. The average molecular weight is 98.1 g/mol. The van der Waals surface area contributed by atoms with E-state index in [1.807, 2.05) is 0 Å². The number of rotatable bonds is 2. The van der Waals surface area contributed by atoms with E-state index in [1.165, 1.54) is 6.33 Å². The van der Waals surface area contributed by atoms with E-state index < -0.39 is 0 Å². The molecule has 0 aliphatic rings. The molecule has 0 saturated carbocycles. The van der Waals surface area contributed by atoms with Gasteiger partial charge in [0.15, 0.2) is 0 Å². The van der Waals surface area contributed by atoms with Crippen LogP contribution in [0.2, 0.25) is 0 Å². The third-order valence-corrected chi connectivity index (χ3v) is 0.465. The molecule has 0 fully saturated rings. The van der Waals surface area contributed by atoms with Crippen molar-refractivity contribution in [2.75, 3.05) is 0 Å². The third kappa shape index (κ3) is 3.10. The van der Waals surface area contributed by atoms with Crippen molar-refractivity contribution in [2.24, 2.45) is 0 Å². The molecule has 0 bridgehead atoms. The molecule has 0 N–H and O–H groups in total. The van der Waals surface area contributed by atoms with Crippen molar-refractivity contribution < 1.29 is 9.39 Å². The first kappa shape index (κ1) is 6.28. The zero-order chi connectivity index (χ0) is 5.70. The van der Waals surface area contributed by atoms with Gasteiger partial charge >= 0.3 is 41.4 Å². The van der Waals surface area contributed by atoms with Crippen LogP contribution in [-0.4, -0.2) is 0 Å². The van der Waals surface area contributed by atoms with E-state index >= 15 is 0 Å². The van der Waals surface area contributed by atoms with Gasteiger partial charge in [-0.05, 0) is 0 Å². The van der Waals surface area contributed by atoms with Gasteiger partial charge in [-0.1, -0.05) is 0 Å². The SMILES string of the molecule is C=C(C[CH2-])OC#[O+]. The van der Waals surface area contributed by atoms with Crippen molar-refractivity contribution in [2.45, 2.75) is 6.42 Å². The summed E-state index contributed by atoms with van der Waals surface area (Å²) in [6.45, 7) is 6.72. The normalized spacial score (nSPS) is 6.86. The predicted molar refractivity (Wildman–Crippen MR) is 24.8 cm³/mol. The monoisotopic (exact) mass is 98.0 g/mol. The Labute approximate surface area is 42.5 Å². The van der Waals surface area contributed by atoms with E-state index in [0.29, 0.717) is 12.2 Å². The first-order valence-corrected chi connectivity index (χ1v) is 1.82. The summed E-state index contributed by atoms with van der Waals surface area (Å²) in [7, 11) is 0. The van der Waals surface area contributed by atoms with E-state index in [2.05, 4.69) is 18.2 Å². The summed E-state index contributed by atoms with van der Waals surface area (Å²) in [5.41, 5.74) is 0. The molecule has 0 aliphatic heterocycles. The van der Waals surface area contributed by atoms with Crippen LogP contribution in [0.25, 0.3) is 0 Å². The molecule has 0 aromatic rings. The Morgan fingerprint density at radius 1 is 2.00 bits per heavy atom. The topological polar surface area (TPSA) is 29.1 Å². The van der Waals surface area contributed by atoms with Crippen molar-refractivity contribution in [1.29, 1.82) is 0 Å². The predicted octanol–water partition coefficient (Wildman–Crippen LogP) is 1.09. The van der Waals surface area contributed by atoms with Crippen LogP contribution in [0.5, 0.6) is 0 Å². The van der Waals surface area contributed by atoms with Crippen LogP contribution in [-0.2, 0) is 9.39 Å². The molecule has 0 rings (SSSR count). The molecule has 38 valence electrons. The first-order valence-electron chi connectivity index (χ1n) is 1.82. The quantitative estimate of drug-likeness (QED) is 0.289. The summed E-state index contributed by atoms with van der Waals surface area (Å²) in [4.78, 5) is 0. The minimum absolute atomic E-state index is 0.343. The van der Waals surface area contributed by atoms with Crippen LogP contribution >= 0.6 is 0 Å². The third-order valence-electron chi connectivity index (χ3n) is 0.465. The molecule has 0 saturated heterocycles. The fourth-order valence-electron chi connectivity index (χ4n) is 0.110. The fourth-order valence-corrected chi connectivity index (χ4v) is 0.110. The van der Waals surface area contributed by atoms with Crippen LogP contribution < -0.4 is 0 Å². The van der Waals surface area contributed by atoms with Gasteiger partial charge in [-0.3, -0.25) is 0 Å². The van der Waals surface area contributed by atoms with Crippen LogP contribution in [0, 0.1) is 13.3 Å². The zero-order valence-electron chi connectivity index (χ0n) is 3.94. The number of ether oxygens (including phenoxy) is 1. The van der Waals surface area contributed by atoms with E-state index in [1.54, 1.807) is 0 Å². The molecule has 0 spiro atoms. The summed E-state index contributed by atoms with van der Waals surface area (Å²) in [5, 5.41) is 0. The van der Waals surface area contributed by atoms with Crippen LogP contribution in [0.1, 0.15) is 6.42 Å². The van der Waals surface area contributed by atoms with Crippen LogP contribution in [0.4, 0.5) is 0 Å². The average Bonchev–Trinajstić information content (AvgIpc) is 1.68. The molecule has 7 heavy (non-hydrogen) atoms. The molecule has 0 amide bonds.